The number of nitrogens with two attached hydrogens (primary N) is 1. The third kappa shape index (κ3) is 1.18. The van der Waals surface area contributed by atoms with Crippen molar-refractivity contribution in [3.8, 4) is 0 Å². The second-order valence-electron chi connectivity index (χ2n) is 3.20. The summed E-state index contributed by atoms with van der Waals surface area (Å²) in [6, 6.07) is 3.31. The van der Waals surface area contributed by atoms with E-state index in [9.17, 15) is 14.4 Å². The molecule has 0 saturated carbocycles. The minimum Gasteiger partial charge on any atom is -0.320 e. The highest BCUT2D eigenvalue weighted by atomic mass is 19.1. The highest BCUT2D eigenvalue weighted by Gasteiger charge is 2.31. The summed E-state index contributed by atoms with van der Waals surface area (Å²) in [5.74, 6) is -1.06. The van der Waals surface area contributed by atoms with Crippen molar-refractivity contribution < 1.29 is 14.4 Å². The number of hydroxylamine groups is 1. The Morgan fingerprint density at radius 1 is 1.57 bits per heavy atom. The van der Waals surface area contributed by atoms with E-state index in [0.29, 0.717) is 5.06 Å². The first-order valence-corrected chi connectivity index (χ1v) is 4.17. The normalized spacial score (nSPS) is 20.9. The van der Waals surface area contributed by atoms with Crippen molar-refractivity contribution in [1.29, 1.82) is 0 Å². The molecule has 1 amide bonds. The fourth-order valence-corrected chi connectivity index (χ4v) is 1.53. The van der Waals surface area contributed by atoms with Crippen LogP contribution in [0.4, 0.5) is 10.1 Å². The predicted molar refractivity (Wildman–Crippen MR) is 47.4 cm³/mol. The van der Waals surface area contributed by atoms with Crippen LogP contribution in [0.5, 0.6) is 0 Å². The Bertz CT molecular complexity index is 394. The van der Waals surface area contributed by atoms with Crippen LogP contribution in [0.3, 0.4) is 0 Å². The lowest BCUT2D eigenvalue weighted by atomic mass is 9.99. The van der Waals surface area contributed by atoms with Gasteiger partial charge in [0.15, 0.2) is 0 Å². The SMILES string of the molecule is NC1Cc2c(F)cccc2N(O)C1=O. The number of fused-ring (bicyclic) bond motifs is 1. The van der Waals surface area contributed by atoms with Gasteiger partial charge in [-0.1, -0.05) is 6.07 Å². The van der Waals surface area contributed by atoms with Crippen LogP contribution in [-0.4, -0.2) is 17.2 Å². The molecule has 5 heteroatoms. The Morgan fingerprint density at radius 3 is 3.00 bits per heavy atom. The topological polar surface area (TPSA) is 66.6 Å². The minimum atomic E-state index is -0.871. The number of hydrogen-bond acceptors (Lipinski definition) is 3. The van der Waals surface area contributed by atoms with Gasteiger partial charge in [0.25, 0.3) is 5.91 Å². The van der Waals surface area contributed by atoms with Gasteiger partial charge in [-0.05, 0) is 12.1 Å². The molecule has 3 N–H and O–H groups in total. The maximum atomic E-state index is 13.2. The van der Waals surface area contributed by atoms with Gasteiger partial charge in [-0.15, -0.1) is 0 Å². The lowest BCUT2D eigenvalue weighted by molar-refractivity contribution is -0.125. The summed E-state index contributed by atoms with van der Waals surface area (Å²) in [6.45, 7) is 0. The smallest absolute Gasteiger partial charge is 0.267 e. The van der Waals surface area contributed by atoms with E-state index < -0.39 is 17.8 Å². The fraction of sp³-hybridized carbons (Fsp3) is 0.222. The highest BCUT2D eigenvalue weighted by Crippen LogP contribution is 2.27. The Balaban J connectivity index is 2.56. The van der Waals surface area contributed by atoms with Gasteiger partial charge in [0.1, 0.15) is 5.82 Å². The number of carbonyl (C=O) groups is 1. The number of nitrogens with zero attached hydrogens (tertiary/aromatic N) is 1. The molecule has 1 aliphatic heterocycles. The van der Waals surface area contributed by atoms with Crippen LogP contribution < -0.4 is 10.8 Å². The largest absolute Gasteiger partial charge is 0.320 e. The van der Waals surface area contributed by atoms with Crippen LogP contribution in [-0.2, 0) is 11.2 Å². The van der Waals surface area contributed by atoms with Crippen LogP contribution in [0.2, 0.25) is 0 Å². The maximum absolute atomic E-state index is 13.2. The maximum Gasteiger partial charge on any atom is 0.267 e. The van der Waals surface area contributed by atoms with E-state index in [-0.39, 0.29) is 17.7 Å². The molecular weight excluding hydrogens is 187 g/mol. The fourth-order valence-electron chi connectivity index (χ4n) is 1.53. The molecule has 0 spiro atoms. The van der Waals surface area contributed by atoms with Crippen LogP contribution in [0, 0.1) is 5.82 Å². The quantitative estimate of drug-likeness (QED) is 0.591. The van der Waals surface area contributed by atoms with Gasteiger partial charge >= 0.3 is 0 Å². The highest BCUT2D eigenvalue weighted by molar-refractivity contribution is 5.98. The molecule has 74 valence electrons. The first-order chi connectivity index (χ1) is 6.61. The van der Waals surface area contributed by atoms with Gasteiger partial charge in [0.05, 0.1) is 11.7 Å². The standard InChI is InChI=1S/C9H9FN2O2/c10-6-2-1-3-8-5(6)4-7(11)9(13)12(8)14/h1-3,7,14H,4,11H2. The van der Waals surface area contributed by atoms with Gasteiger partial charge in [0, 0.05) is 12.0 Å². The van der Waals surface area contributed by atoms with E-state index in [1.54, 1.807) is 0 Å². The van der Waals surface area contributed by atoms with E-state index in [1.165, 1.54) is 18.2 Å². The van der Waals surface area contributed by atoms with Crippen molar-refractivity contribution in [2.45, 2.75) is 12.5 Å². The lowest BCUT2D eigenvalue weighted by Gasteiger charge is -2.27. The molecule has 0 bridgehead atoms. The molecule has 0 aromatic heterocycles. The van der Waals surface area contributed by atoms with Crippen molar-refractivity contribution in [1.82, 2.24) is 0 Å². The summed E-state index contributed by atoms with van der Waals surface area (Å²) < 4.78 is 13.2. The third-order valence-electron chi connectivity index (χ3n) is 2.27. The Labute approximate surface area is 79.7 Å². The number of rotatable bonds is 0. The zero-order valence-corrected chi connectivity index (χ0v) is 7.27. The van der Waals surface area contributed by atoms with Crippen LogP contribution >= 0.6 is 0 Å². The van der Waals surface area contributed by atoms with Gasteiger partial charge in [0.2, 0.25) is 0 Å². The third-order valence-corrected chi connectivity index (χ3v) is 2.27. The number of anilines is 1. The number of hydrogen-bond donors (Lipinski definition) is 2. The number of carbonyl (C=O) groups excluding carboxylic acids is 1. The van der Waals surface area contributed by atoms with Gasteiger partial charge < -0.3 is 5.73 Å². The molecule has 0 aliphatic carbocycles. The molecule has 0 saturated heterocycles. The summed E-state index contributed by atoms with van der Waals surface area (Å²) in [5.41, 5.74) is 5.89. The molecule has 1 atom stereocenters. The zero-order valence-electron chi connectivity index (χ0n) is 7.27. The van der Waals surface area contributed by atoms with Crippen molar-refractivity contribution >= 4 is 11.6 Å². The minimum absolute atomic E-state index is 0.123. The molecule has 1 aliphatic rings. The second kappa shape index (κ2) is 3.04. The molecule has 4 nitrogen and oxygen atoms in total. The summed E-state index contributed by atoms with van der Waals surface area (Å²) in [6.07, 6.45) is 0.123. The number of amides is 1. The van der Waals surface area contributed by atoms with Gasteiger partial charge in [-0.2, -0.15) is 5.06 Å². The molecule has 1 heterocycles. The van der Waals surface area contributed by atoms with Crippen molar-refractivity contribution in [2.75, 3.05) is 5.06 Å². The van der Waals surface area contributed by atoms with E-state index in [1.807, 2.05) is 0 Å². The Kier molecular flexibility index (Phi) is 1.98. The predicted octanol–water partition coefficient (Wildman–Crippen LogP) is 0.431. The molecule has 0 fully saturated rings. The van der Waals surface area contributed by atoms with Crippen molar-refractivity contribution in [3.05, 3.63) is 29.6 Å². The summed E-state index contributed by atoms with van der Waals surface area (Å²) in [4.78, 5) is 11.2. The van der Waals surface area contributed by atoms with Crippen LogP contribution in [0.25, 0.3) is 0 Å². The van der Waals surface area contributed by atoms with Crippen LogP contribution in [0.15, 0.2) is 18.2 Å². The van der Waals surface area contributed by atoms with E-state index in [4.69, 9.17) is 5.73 Å². The second-order valence-corrected chi connectivity index (χ2v) is 3.20. The molecule has 0 radical (unpaired) electrons. The Hall–Kier alpha value is -1.46. The average Bonchev–Trinajstić information content (AvgIpc) is 2.17. The molecular formula is C9H9FN2O2. The summed E-state index contributed by atoms with van der Waals surface area (Å²) in [7, 11) is 0. The Morgan fingerprint density at radius 2 is 2.29 bits per heavy atom. The summed E-state index contributed by atoms with van der Waals surface area (Å²) in [5, 5.41) is 9.77. The average molecular weight is 196 g/mol. The van der Waals surface area contributed by atoms with Crippen molar-refractivity contribution in [3.63, 3.8) is 0 Å². The van der Waals surface area contributed by atoms with Crippen LogP contribution in [0.1, 0.15) is 5.56 Å². The first kappa shape index (κ1) is 9.11. The van der Waals surface area contributed by atoms with Crippen molar-refractivity contribution in [2.24, 2.45) is 5.73 Å². The van der Waals surface area contributed by atoms with Gasteiger partial charge in [-0.3, -0.25) is 10.0 Å². The van der Waals surface area contributed by atoms with Gasteiger partial charge in [-0.25, -0.2) is 4.39 Å². The monoisotopic (exact) mass is 196 g/mol. The molecule has 1 aromatic rings. The lowest BCUT2D eigenvalue weighted by Crippen LogP contribution is -2.47. The first-order valence-electron chi connectivity index (χ1n) is 4.17. The molecule has 14 heavy (non-hydrogen) atoms. The molecule has 1 unspecified atom stereocenters. The van der Waals surface area contributed by atoms with E-state index in [0.717, 1.165) is 0 Å². The molecule has 2 rings (SSSR count). The zero-order chi connectivity index (χ0) is 10.3. The van der Waals surface area contributed by atoms with E-state index >= 15 is 0 Å². The number of benzene rings is 1. The summed E-state index contributed by atoms with van der Waals surface area (Å²) >= 11 is 0. The van der Waals surface area contributed by atoms with E-state index in [2.05, 4.69) is 0 Å². The molecule has 1 aromatic carbocycles. The number of halogens is 1.